The number of rotatable bonds is 8. The van der Waals surface area contributed by atoms with E-state index >= 15 is 0 Å². The highest BCUT2D eigenvalue weighted by Gasteiger charge is 2.25. The Balaban J connectivity index is 2.49. The topological polar surface area (TPSA) is 30.5 Å². The second-order valence-corrected chi connectivity index (χ2v) is 4.86. The molecule has 0 aliphatic carbocycles. The third kappa shape index (κ3) is 6.25. The predicted molar refractivity (Wildman–Crippen MR) is 75.9 cm³/mol. The zero-order valence-electron chi connectivity index (χ0n) is 12.6. The maximum absolute atomic E-state index is 12.0. The summed E-state index contributed by atoms with van der Waals surface area (Å²) in [4.78, 5) is 0. The van der Waals surface area contributed by atoms with Crippen molar-refractivity contribution in [1.29, 1.82) is 0 Å². The fraction of sp³-hybridized carbons (Fsp3) is 0.600. The van der Waals surface area contributed by atoms with Crippen molar-refractivity contribution in [2.45, 2.75) is 38.4 Å². The summed E-state index contributed by atoms with van der Waals surface area (Å²) >= 11 is 0. The number of hydrogen-bond donors (Lipinski definition) is 1. The molecule has 0 heterocycles. The van der Waals surface area contributed by atoms with Crippen molar-refractivity contribution in [2.75, 3.05) is 20.8 Å². The van der Waals surface area contributed by atoms with Crippen LogP contribution in [0, 0.1) is 0 Å². The largest absolute Gasteiger partial charge is 0.497 e. The van der Waals surface area contributed by atoms with Crippen molar-refractivity contribution in [3.8, 4) is 11.5 Å². The number of halogens is 3. The summed E-state index contributed by atoms with van der Waals surface area (Å²) in [5, 5.41) is 3.21. The minimum Gasteiger partial charge on any atom is -0.497 e. The molecular weight excluding hydrogens is 283 g/mol. The summed E-state index contributed by atoms with van der Waals surface area (Å²) in [6.07, 6.45) is -4.18. The van der Waals surface area contributed by atoms with E-state index in [1.165, 1.54) is 0 Å². The Labute approximate surface area is 123 Å². The van der Waals surface area contributed by atoms with Crippen molar-refractivity contribution >= 4 is 0 Å². The molecule has 1 unspecified atom stereocenters. The Bertz CT molecular complexity index is 435. The molecule has 0 aromatic heterocycles. The van der Waals surface area contributed by atoms with Crippen LogP contribution in [0.1, 0.15) is 37.8 Å². The van der Waals surface area contributed by atoms with Crippen molar-refractivity contribution in [1.82, 2.24) is 5.32 Å². The van der Waals surface area contributed by atoms with Crippen molar-refractivity contribution < 1.29 is 22.6 Å². The van der Waals surface area contributed by atoms with Gasteiger partial charge in [-0.1, -0.05) is 0 Å². The molecule has 0 amide bonds. The van der Waals surface area contributed by atoms with E-state index in [0.29, 0.717) is 13.0 Å². The summed E-state index contributed by atoms with van der Waals surface area (Å²) in [7, 11) is 3.17. The highest BCUT2D eigenvalue weighted by Crippen LogP contribution is 2.29. The summed E-state index contributed by atoms with van der Waals surface area (Å²) in [6, 6.07) is 5.46. The number of nitrogens with one attached hydrogen (secondary N) is 1. The molecule has 1 rings (SSSR count). The Morgan fingerprint density at radius 1 is 1.14 bits per heavy atom. The molecule has 0 aliphatic rings. The highest BCUT2D eigenvalue weighted by atomic mass is 19.4. The van der Waals surface area contributed by atoms with Gasteiger partial charge in [-0.25, -0.2) is 0 Å². The SMILES string of the molecule is COc1ccc(OC)c(C(C)NCCCCC(F)(F)F)c1. The molecule has 0 fully saturated rings. The lowest BCUT2D eigenvalue weighted by molar-refractivity contribution is -0.135. The van der Waals surface area contributed by atoms with Gasteiger partial charge in [0, 0.05) is 18.0 Å². The van der Waals surface area contributed by atoms with E-state index in [4.69, 9.17) is 9.47 Å². The number of unbranched alkanes of at least 4 members (excludes halogenated alkanes) is 1. The summed E-state index contributed by atoms with van der Waals surface area (Å²) < 4.78 is 46.6. The van der Waals surface area contributed by atoms with E-state index in [2.05, 4.69) is 5.32 Å². The van der Waals surface area contributed by atoms with Gasteiger partial charge in [0.25, 0.3) is 0 Å². The first-order valence-corrected chi connectivity index (χ1v) is 6.89. The van der Waals surface area contributed by atoms with Crippen molar-refractivity contribution in [2.24, 2.45) is 0 Å². The second kappa shape index (κ2) is 8.12. The number of hydrogen-bond acceptors (Lipinski definition) is 3. The van der Waals surface area contributed by atoms with Gasteiger partial charge >= 0.3 is 6.18 Å². The molecule has 21 heavy (non-hydrogen) atoms. The summed E-state index contributed by atoms with van der Waals surface area (Å²) in [5.74, 6) is 1.45. The first-order chi connectivity index (χ1) is 9.87. The minimum absolute atomic E-state index is 0.0269. The standard InChI is InChI=1S/C15H22F3NO2/c1-11(19-9-5-4-8-15(16,17)18)13-10-12(20-2)6-7-14(13)21-3/h6-7,10-11,19H,4-5,8-9H2,1-3H3. The summed E-state index contributed by atoms with van der Waals surface area (Å²) in [6.45, 7) is 2.47. The van der Waals surface area contributed by atoms with E-state index < -0.39 is 12.6 Å². The molecule has 1 aromatic carbocycles. The quantitative estimate of drug-likeness (QED) is 0.734. The molecule has 1 atom stereocenters. The molecule has 0 saturated heterocycles. The lowest BCUT2D eigenvalue weighted by Crippen LogP contribution is -2.21. The van der Waals surface area contributed by atoms with E-state index in [0.717, 1.165) is 17.1 Å². The Morgan fingerprint density at radius 3 is 2.43 bits per heavy atom. The Morgan fingerprint density at radius 2 is 1.86 bits per heavy atom. The highest BCUT2D eigenvalue weighted by molar-refractivity contribution is 5.42. The number of alkyl halides is 3. The van der Waals surface area contributed by atoms with Crippen molar-refractivity contribution in [3.63, 3.8) is 0 Å². The van der Waals surface area contributed by atoms with E-state index in [-0.39, 0.29) is 12.5 Å². The molecule has 0 saturated carbocycles. The zero-order chi connectivity index (χ0) is 15.9. The van der Waals surface area contributed by atoms with Gasteiger partial charge in [0.2, 0.25) is 0 Å². The van der Waals surface area contributed by atoms with Crippen molar-refractivity contribution in [3.05, 3.63) is 23.8 Å². The predicted octanol–water partition coefficient (Wildman–Crippen LogP) is 4.09. The van der Waals surface area contributed by atoms with Gasteiger partial charge in [-0.3, -0.25) is 0 Å². The fourth-order valence-corrected chi connectivity index (χ4v) is 2.06. The molecule has 1 N–H and O–H groups in total. The first-order valence-electron chi connectivity index (χ1n) is 6.89. The average Bonchev–Trinajstić information content (AvgIpc) is 2.44. The molecule has 6 heteroatoms. The molecule has 3 nitrogen and oxygen atoms in total. The molecule has 0 bridgehead atoms. The average molecular weight is 305 g/mol. The van der Waals surface area contributed by atoms with Crippen LogP contribution >= 0.6 is 0 Å². The smallest absolute Gasteiger partial charge is 0.389 e. The van der Waals surface area contributed by atoms with Gasteiger partial charge in [0.15, 0.2) is 0 Å². The normalized spacial score (nSPS) is 13.0. The van der Waals surface area contributed by atoms with E-state index in [1.807, 2.05) is 19.1 Å². The van der Waals surface area contributed by atoms with Gasteiger partial charge in [-0.15, -0.1) is 0 Å². The monoisotopic (exact) mass is 305 g/mol. The maximum atomic E-state index is 12.0. The van der Waals surface area contributed by atoms with Crippen LogP contribution in [-0.2, 0) is 0 Å². The molecule has 0 radical (unpaired) electrons. The number of benzene rings is 1. The molecule has 120 valence electrons. The van der Waals surface area contributed by atoms with Crippen LogP contribution in [0.25, 0.3) is 0 Å². The third-order valence-corrected chi connectivity index (χ3v) is 3.24. The number of methoxy groups -OCH3 is 2. The molecule has 1 aromatic rings. The zero-order valence-corrected chi connectivity index (χ0v) is 12.6. The van der Waals surface area contributed by atoms with Gasteiger partial charge in [-0.05, 0) is 44.5 Å². The van der Waals surface area contributed by atoms with E-state index in [9.17, 15) is 13.2 Å². The van der Waals surface area contributed by atoms with Crippen LogP contribution in [0.5, 0.6) is 11.5 Å². The van der Waals surface area contributed by atoms with Crippen LogP contribution in [0.4, 0.5) is 13.2 Å². The van der Waals surface area contributed by atoms with Crippen LogP contribution < -0.4 is 14.8 Å². The molecule has 0 spiro atoms. The fourth-order valence-electron chi connectivity index (χ4n) is 2.06. The van der Waals surface area contributed by atoms with Crippen LogP contribution in [0.15, 0.2) is 18.2 Å². The van der Waals surface area contributed by atoms with Crippen LogP contribution in [-0.4, -0.2) is 26.9 Å². The maximum Gasteiger partial charge on any atom is 0.389 e. The first kappa shape index (κ1) is 17.6. The van der Waals surface area contributed by atoms with Gasteiger partial charge in [0.05, 0.1) is 14.2 Å². The summed E-state index contributed by atoms with van der Waals surface area (Å²) in [5.41, 5.74) is 0.924. The number of ether oxygens (including phenoxy) is 2. The lowest BCUT2D eigenvalue weighted by atomic mass is 10.1. The van der Waals surface area contributed by atoms with Crippen LogP contribution in [0.2, 0.25) is 0 Å². The molecule has 0 aliphatic heterocycles. The molecular formula is C15H22F3NO2. The van der Waals surface area contributed by atoms with Gasteiger partial charge < -0.3 is 14.8 Å². The lowest BCUT2D eigenvalue weighted by Gasteiger charge is -2.18. The van der Waals surface area contributed by atoms with Crippen LogP contribution in [0.3, 0.4) is 0 Å². The van der Waals surface area contributed by atoms with E-state index in [1.54, 1.807) is 20.3 Å². The third-order valence-electron chi connectivity index (χ3n) is 3.24. The van der Waals surface area contributed by atoms with Gasteiger partial charge in [-0.2, -0.15) is 13.2 Å². The second-order valence-electron chi connectivity index (χ2n) is 4.86. The Kier molecular flexibility index (Phi) is 6.81. The Hall–Kier alpha value is -1.43. The van der Waals surface area contributed by atoms with Gasteiger partial charge in [0.1, 0.15) is 11.5 Å². The minimum atomic E-state index is -4.07.